The molecule has 0 aliphatic heterocycles. The number of ketones is 2. The number of hydrogen-bond acceptors (Lipinski definition) is 5. The third kappa shape index (κ3) is 2.10. The fraction of sp³-hybridized carbons (Fsp3) is 0.810. The third-order valence-electron chi connectivity index (χ3n) is 8.80. The summed E-state index contributed by atoms with van der Waals surface area (Å²) in [5.41, 5.74) is -4.68. The van der Waals surface area contributed by atoms with E-state index in [2.05, 4.69) is 0 Å². The Morgan fingerprint density at radius 2 is 1.93 bits per heavy atom. The van der Waals surface area contributed by atoms with Crippen LogP contribution in [0.4, 0.5) is 4.39 Å². The number of fused-ring (bicyclic) bond motifs is 5. The van der Waals surface area contributed by atoms with Crippen molar-refractivity contribution in [3.05, 3.63) is 11.6 Å². The number of aliphatic hydroxyl groups excluding tert-OH is 2. The van der Waals surface area contributed by atoms with Crippen molar-refractivity contribution in [1.82, 2.24) is 0 Å². The third-order valence-corrected chi connectivity index (χ3v) is 8.80. The standard InChI is InChI=1S/C21H29FO5/c1-18-7-5-13(24)9-12(18)3-4-15-14-6-8-20(27,17(26)11-23)19(14,2)10-16(25)21(15,18)22/h9,14-16,23,25,27H,3-8,10-11H2,1-2H3/t14-,15-,16-,18-,19-,20-,21-/m1/s1. The molecule has 0 spiro atoms. The molecule has 4 aliphatic rings. The molecule has 0 radical (unpaired) electrons. The number of Topliss-reactive ketones (excluding diaryl/α,β-unsaturated/α-hetero) is 1. The largest absolute Gasteiger partial charge is 0.390 e. The van der Waals surface area contributed by atoms with E-state index in [0.717, 1.165) is 5.57 Å². The van der Waals surface area contributed by atoms with Crippen LogP contribution in [-0.2, 0) is 9.59 Å². The molecule has 0 aromatic carbocycles. The number of allylic oxidation sites excluding steroid dienone is 1. The van der Waals surface area contributed by atoms with Crippen molar-refractivity contribution in [1.29, 1.82) is 0 Å². The summed E-state index contributed by atoms with van der Waals surface area (Å²) in [7, 11) is 0. The smallest absolute Gasteiger partial charge is 0.190 e. The molecule has 3 saturated carbocycles. The highest BCUT2D eigenvalue weighted by atomic mass is 19.1. The maximum absolute atomic E-state index is 16.8. The quantitative estimate of drug-likeness (QED) is 0.680. The number of hydrogen-bond donors (Lipinski definition) is 3. The predicted molar refractivity (Wildman–Crippen MR) is 95.5 cm³/mol. The molecule has 27 heavy (non-hydrogen) atoms. The summed E-state index contributed by atoms with van der Waals surface area (Å²) in [5.74, 6) is -1.36. The van der Waals surface area contributed by atoms with E-state index in [4.69, 9.17) is 0 Å². The first kappa shape index (κ1) is 19.2. The lowest BCUT2D eigenvalue weighted by atomic mass is 9.44. The number of carbonyl (C=O) groups excluding carboxylic acids is 2. The first-order chi connectivity index (χ1) is 12.5. The molecule has 0 aromatic heterocycles. The minimum atomic E-state index is -1.88. The molecule has 0 saturated heterocycles. The summed E-state index contributed by atoms with van der Waals surface area (Å²) in [4.78, 5) is 24.2. The summed E-state index contributed by atoms with van der Waals surface area (Å²) in [6.45, 7) is 2.83. The van der Waals surface area contributed by atoms with E-state index in [0.29, 0.717) is 25.7 Å². The van der Waals surface area contributed by atoms with Crippen molar-refractivity contribution in [2.45, 2.75) is 76.2 Å². The number of aliphatic hydroxyl groups is 3. The minimum absolute atomic E-state index is 0.0171. The van der Waals surface area contributed by atoms with Gasteiger partial charge in [0.15, 0.2) is 11.6 Å². The van der Waals surface area contributed by atoms with Gasteiger partial charge in [-0.3, -0.25) is 9.59 Å². The van der Waals surface area contributed by atoms with Crippen molar-refractivity contribution in [2.75, 3.05) is 6.61 Å². The van der Waals surface area contributed by atoms with Crippen LogP contribution < -0.4 is 0 Å². The Balaban J connectivity index is 1.80. The molecule has 6 heteroatoms. The average molecular weight is 380 g/mol. The first-order valence-electron chi connectivity index (χ1n) is 10.0. The topological polar surface area (TPSA) is 94.8 Å². The summed E-state index contributed by atoms with van der Waals surface area (Å²) in [6, 6.07) is 0. The molecule has 0 bridgehead atoms. The number of carbonyl (C=O) groups is 2. The Hall–Kier alpha value is -1.11. The van der Waals surface area contributed by atoms with Crippen LogP contribution in [0.5, 0.6) is 0 Å². The lowest BCUT2D eigenvalue weighted by Gasteiger charge is -2.63. The van der Waals surface area contributed by atoms with Gasteiger partial charge in [0.1, 0.15) is 17.9 Å². The second-order valence-corrected chi connectivity index (χ2v) is 9.61. The Morgan fingerprint density at radius 1 is 1.22 bits per heavy atom. The zero-order valence-electron chi connectivity index (χ0n) is 16.0. The van der Waals surface area contributed by atoms with E-state index in [-0.39, 0.29) is 31.0 Å². The molecule has 5 nitrogen and oxygen atoms in total. The van der Waals surface area contributed by atoms with E-state index in [1.807, 2.05) is 6.92 Å². The summed E-state index contributed by atoms with van der Waals surface area (Å²) in [5, 5.41) is 31.5. The summed E-state index contributed by atoms with van der Waals surface area (Å²) in [6.07, 6.45) is 2.65. The highest BCUT2D eigenvalue weighted by molar-refractivity contribution is 5.92. The zero-order valence-corrected chi connectivity index (χ0v) is 16.0. The summed E-state index contributed by atoms with van der Waals surface area (Å²) < 4.78 is 16.8. The van der Waals surface area contributed by atoms with Crippen LogP contribution in [0.15, 0.2) is 11.6 Å². The molecular weight excluding hydrogens is 351 g/mol. The van der Waals surface area contributed by atoms with Gasteiger partial charge < -0.3 is 15.3 Å². The molecule has 4 aliphatic carbocycles. The van der Waals surface area contributed by atoms with Gasteiger partial charge >= 0.3 is 0 Å². The second-order valence-electron chi connectivity index (χ2n) is 9.61. The van der Waals surface area contributed by atoms with E-state index >= 15 is 4.39 Å². The molecule has 0 heterocycles. The fourth-order valence-corrected chi connectivity index (χ4v) is 7.16. The van der Waals surface area contributed by atoms with Gasteiger partial charge in [-0.05, 0) is 50.5 Å². The Labute approximate surface area is 158 Å². The highest BCUT2D eigenvalue weighted by Gasteiger charge is 2.74. The maximum Gasteiger partial charge on any atom is 0.190 e. The Bertz CT molecular complexity index is 734. The van der Waals surface area contributed by atoms with Crippen LogP contribution >= 0.6 is 0 Å². The summed E-state index contributed by atoms with van der Waals surface area (Å²) >= 11 is 0. The molecule has 3 fully saturated rings. The lowest BCUT2D eigenvalue weighted by molar-refractivity contribution is -0.226. The van der Waals surface area contributed by atoms with Crippen molar-refractivity contribution >= 4 is 11.6 Å². The number of halogens is 1. The molecule has 150 valence electrons. The average Bonchev–Trinajstić information content (AvgIpc) is 2.88. The van der Waals surface area contributed by atoms with E-state index < -0.39 is 46.5 Å². The molecule has 0 amide bonds. The molecule has 7 atom stereocenters. The predicted octanol–water partition coefficient (Wildman–Crippen LogP) is 1.87. The molecule has 0 unspecified atom stereocenters. The lowest BCUT2D eigenvalue weighted by Crippen LogP contribution is -2.69. The fourth-order valence-electron chi connectivity index (χ4n) is 7.16. The van der Waals surface area contributed by atoms with Crippen LogP contribution in [0.2, 0.25) is 0 Å². The second kappa shape index (κ2) is 5.71. The van der Waals surface area contributed by atoms with E-state index in [1.54, 1.807) is 13.0 Å². The van der Waals surface area contributed by atoms with Gasteiger partial charge in [0, 0.05) is 23.2 Å². The SMILES string of the molecule is C[C@@]12CCC(=O)C=C1CC[C@@H]1[C@H]3CC[C@@](O)(C(=O)CO)[C@]3(C)C[C@@H](O)[C@]12F. The Morgan fingerprint density at radius 3 is 2.59 bits per heavy atom. The van der Waals surface area contributed by atoms with Crippen LogP contribution in [0, 0.1) is 22.7 Å². The van der Waals surface area contributed by atoms with Crippen molar-refractivity contribution in [2.24, 2.45) is 22.7 Å². The van der Waals surface area contributed by atoms with Gasteiger partial charge in [0.2, 0.25) is 0 Å². The zero-order chi connectivity index (χ0) is 19.8. The monoisotopic (exact) mass is 380 g/mol. The van der Waals surface area contributed by atoms with Gasteiger partial charge in [-0.2, -0.15) is 0 Å². The van der Waals surface area contributed by atoms with Crippen LogP contribution in [0.3, 0.4) is 0 Å². The van der Waals surface area contributed by atoms with Crippen LogP contribution in [0.1, 0.15) is 58.8 Å². The van der Waals surface area contributed by atoms with Crippen molar-refractivity contribution < 1.29 is 29.3 Å². The van der Waals surface area contributed by atoms with Crippen molar-refractivity contribution in [3.8, 4) is 0 Å². The molecule has 0 aromatic rings. The normalized spacial score (nSPS) is 51.9. The van der Waals surface area contributed by atoms with E-state index in [9.17, 15) is 24.9 Å². The molecule has 4 rings (SSSR count). The van der Waals surface area contributed by atoms with Crippen molar-refractivity contribution in [3.63, 3.8) is 0 Å². The van der Waals surface area contributed by atoms with Gasteiger partial charge in [-0.25, -0.2) is 4.39 Å². The maximum atomic E-state index is 16.8. The first-order valence-corrected chi connectivity index (χ1v) is 10.0. The number of rotatable bonds is 2. The highest BCUT2D eigenvalue weighted by Crippen LogP contribution is 2.70. The van der Waals surface area contributed by atoms with Gasteiger partial charge in [0.05, 0.1) is 6.10 Å². The Kier molecular flexibility index (Phi) is 4.06. The molecular formula is C21H29FO5. The molecule has 3 N–H and O–H groups in total. The van der Waals surface area contributed by atoms with Crippen LogP contribution in [-0.4, -0.2) is 50.9 Å². The van der Waals surface area contributed by atoms with Crippen LogP contribution in [0.25, 0.3) is 0 Å². The van der Waals surface area contributed by atoms with Gasteiger partial charge in [-0.15, -0.1) is 0 Å². The number of alkyl halides is 1. The van der Waals surface area contributed by atoms with Gasteiger partial charge in [0.25, 0.3) is 0 Å². The van der Waals surface area contributed by atoms with E-state index in [1.165, 1.54) is 0 Å². The minimum Gasteiger partial charge on any atom is -0.390 e. The van der Waals surface area contributed by atoms with Gasteiger partial charge in [-0.1, -0.05) is 19.4 Å².